The summed E-state index contributed by atoms with van der Waals surface area (Å²) in [7, 11) is -3.56. The summed E-state index contributed by atoms with van der Waals surface area (Å²) < 4.78 is 30.8. The van der Waals surface area contributed by atoms with Gasteiger partial charge in [-0.2, -0.15) is 10.2 Å². The van der Waals surface area contributed by atoms with Crippen molar-refractivity contribution in [2.24, 2.45) is 10.2 Å². The van der Waals surface area contributed by atoms with Crippen LogP contribution in [0.2, 0.25) is 0 Å². The third-order valence-electron chi connectivity index (χ3n) is 5.76. The highest BCUT2D eigenvalue weighted by molar-refractivity contribution is 7.91. The number of carbonyl (C=O) groups is 1. The number of esters is 1. The molecule has 4 rings (SSSR count). The van der Waals surface area contributed by atoms with Gasteiger partial charge < -0.3 is 9.64 Å². The van der Waals surface area contributed by atoms with Gasteiger partial charge in [0.15, 0.2) is 0 Å². The number of rotatable bonds is 7. The summed E-state index contributed by atoms with van der Waals surface area (Å²) in [5, 5.41) is 8.49. The zero-order valence-corrected chi connectivity index (χ0v) is 20.3. The minimum atomic E-state index is -3.56. The minimum Gasteiger partial charge on any atom is -0.459 e. The lowest BCUT2D eigenvalue weighted by atomic mass is 10.1. The fourth-order valence-corrected chi connectivity index (χ4v) is 5.04. The number of anilines is 1. The van der Waals surface area contributed by atoms with E-state index in [2.05, 4.69) is 21.7 Å². The van der Waals surface area contributed by atoms with E-state index in [-0.39, 0.29) is 21.9 Å². The molecule has 3 aromatic carbocycles. The maximum absolute atomic E-state index is 12.7. The van der Waals surface area contributed by atoms with Crippen molar-refractivity contribution >= 4 is 32.9 Å². The molecule has 35 heavy (non-hydrogen) atoms. The summed E-state index contributed by atoms with van der Waals surface area (Å²) >= 11 is 0. The average molecular weight is 490 g/mol. The van der Waals surface area contributed by atoms with E-state index in [1.165, 1.54) is 12.1 Å². The minimum absolute atomic E-state index is 0.0717. The first-order valence-corrected chi connectivity index (χ1v) is 12.8. The van der Waals surface area contributed by atoms with Crippen LogP contribution >= 0.6 is 0 Å². The lowest BCUT2D eigenvalue weighted by molar-refractivity contribution is -0.145. The number of sulfone groups is 1. The van der Waals surface area contributed by atoms with Gasteiger partial charge in [0.05, 0.1) is 21.2 Å². The van der Waals surface area contributed by atoms with E-state index >= 15 is 0 Å². The Balaban J connectivity index is 1.34. The zero-order valence-electron chi connectivity index (χ0n) is 19.5. The number of azo groups is 1. The standard InChI is InChI=1S/C27H27N3O4S/c1-20(2)27(31)34-24-16-18-30(19-17-24)23-12-8-21(9-13-23)28-29-22-10-14-26(15-11-22)35(32,33)25-6-4-3-5-7-25/h3-15,24H,1,16-19H2,2H3/b29-28+. The van der Waals surface area contributed by atoms with Crippen LogP contribution in [0.4, 0.5) is 17.1 Å². The van der Waals surface area contributed by atoms with Gasteiger partial charge in [-0.25, -0.2) is 13.2 Å². The normalized spacial score (nSPS) is 14.7. The second-order valence-electron chi connectivity index (χ2n) is 8.40. The van der Waals surface area contributed by atoms with E-state index in [1.807, 2.05) is 24.3 Å². The average Bonchev–Trinajstić information content (AvgIpc) is 2.89. The van der Waals surface area contributed by atoms with Crippen LogP contribution in [0, 0.1) is 0 Å². The number of piperidine rings is 1. The van der Waals surface area contributed by atoms with E-state index in [9.17, 15) is 13.2 Å². The van der Waals surface area contributed by atoms with Gasteiger partial charge in [0.2, 0.25) is 9.84 Å². The molecule has 0 atom stereocenters. The number of carbonyl (C=O) groups excluding carboxylic acids is 1. The maximum Gasteiger partial charge on any atom is 0.333 e. The Morgan fingerprint density at radius 2 is 1.37 bits per heavy atom. The van der Waals surface area contributed by atoms with Crippen LogP contribution in [-0.2, 0) is 19.4 Å². The Bertz CT molecular complexity index is 1310. The van der Waals surface area contributed by atoms with Gasteiger partial charge in [-0.05, 0) is 67.6 Å². The van der Waals surface area contributed by atoms with Gasteiger partial charge in [0, 0.05) is 37.2 Å². The van der Waals surface area contributed by atoms with Gasteiger partial charge in [0.25, 0.3) is 0 Å². The van der Waals surface area contributed by atoms with Crippen molar-refractivity contribution < 1.29 is 17.9 Å². The highest BCUT2D eigenvalue weighted by Crippen LogP contribution is 2.27. The third kappa shape index (κ3) is 6.02. The summed E-state index contributed by atoms with van der Waals surface area (Å²) in [5.74, 6) is -0.328. The molecule has 1 aliphatic rings. The molecule has 0 unspecified atom stereocenters. The molecule has 0 amide bonds. The van der Waals surface area contributed by atoms with E-state index in [0.29, 0.717) is 16.9 Å². The van der Waals surface area contributed by atoms with Crippen molar-refractivity contribution in [3.8, 4) is 0 Å². The molecule has 0 N–H and O–H groups in total. The number of nitrogens with zero attached hydrogens (tertiary/aromatic N) is 3. The Morgan fingerprint density at radius 3 is 1.91 bits per heavy atom. The zero-order chi connectivity index (χ0) is 24.8. The monoisotopic (exact) mass is 489 g/mol. The molecule has 1 heterocycles. The molecular weight excluding hydrogens is 462 g/mol. The molecule has 1 saturated heterocycles. The van der Waals surface area contributed by atoms with Gasteiger partial charge >= 0.3 is 5.97 Å². The van der Waals surface area contributed by atoms with Crippen molar-refractivity contribution in [1.82, 2.24) is 0 Å². The van der Waals surface area contributed by atoms with Gasteiger partial charge in [0.1, 0.15) is 6.10 Å². The molecule has 3 aromatic rings. The molecule has 180 valence electrons. The Labute approximate surface area is 205 Å². The van der Waals surface area contributed by atoms with Crippen molar-refractivity contribution in [3.63, 3.8) is 0 Å². The van der Waals surface area contributed by atoms with Crippen LogP contribution in [0.15, 0.2) is 111 Å². The lowest BCUT2D eigenvalue weighted by Crippen LogP contribution is -2.37. The van der Waals surface area contributed by atoms with Crippen molar-refractivity contribution in [2.75, 3.05) is 18.0 Å². The first kappa shape index (κ1) is 24.3. The summed E-state index contributed by atoms with van der Waals surface area (Å²) in [5.41, 5.74) is 2.75. The molecule has 7 nitrogen and oxygen atoms in total. The van der Waals surface area contributed by atoms with Gasteiger partial charge in [-0.1, -0.05) is 24.8 Å². The van der Waals surface area contributed by atoms with Crippen LogP contribution < -0.4 is 4.90 Å². The molecule has 8 heteroatoms. The molecule has 1 fully saturated rings. The molecule has 0 bridgehead atoms. The molecule has 0 radical (unpaired) electrons. The predicted molar refractivity (Wildman–Crippen MR) is 135 cm³/mol. The molecule has 0 saturated carbocycles. The number of benzene rings is 3. The molecule has 0 aromatic heterocycles. The van der Waals surface area contributed by atoms with E-state index in [1.54, 1.807) is 49.4 Å². The molecule has 0 aliphatic carbocycles. The lowest BCUT2D eigenvalue weighted by Gasteiger charge is -2.33. The van der Waals surface area contributed by atoms with E-state index in [0.717, 1.165) is 31.6 Å². The Morgan fingerprint density at radius 1 is 0.857 bits per heavy atom. The van der Waals surface area contributed by atoms with Crippen LogP contribution in [0.5, 0.6) is 0 Å². The number of ether oxygens (including phenoxy) is 1. The van der Waals surface area contributed by atoms with Crippen molar-refractivity contribution in [2.45, 2.75) is 35.7 Å². The number of hydrogen-bond acceptors (Lipinski definition) is 7. The fourth-order valence-electron chi connectivity index (χ4n) is 3.76. The Hall–Kier alpha value is -3.78. The maximum atomic E-state index is 12.7. The largest absolute Gasteiger partial charge is 0.459 e. The van der Waals surface area contributed by atoms with Crippen molar-refractivity contribution in [1.29, 1.82) is 0 Å². The topological polar surface area (TPSA) is 88.4 Å². The Kier molecular flexibility index (Phi) is 7.41. The molecule has 1 aliphatic heterocycles. The summed E-state index contributed by atoms with van der Waals surface area (Å²) in [4.78, 5) is 14.4. The first-order valence-electron chi connectivity index (χ1n) is 11.4. The first-order chi connectivity index (χ1) is 16.8. The SMILES string of the molecule is C=C(C)C(=O)OC1CCN(c2ccc(/N=N/c3ccc(S(=O)(=O)c4ccccc4)cc3)cc2)CC1. The molecular formula is C27H27N3O4S. The second-order valence-corrected chi connectivity index (χ2v) is 10.3. The van der Waals surface area contributed by atoms with Crippen LogP contribution in [0.1, 0.15) is 19.8 Å². The van der Waals surface area contributed by atoms with E-state index < -0.39 is 9.84 Å². The summed E-state index contributed by atoms with van der Waals surface area (Å²) in [6, 6.07) is 22.4. The van der Waals surface area contributed by atoms with Gasteiger partial charge in [-0.15, -0.1) is 0 Å². The van der Waals surface area contributed by atoms with Crippen LogP contribution in [-0.4, -0.2) is 33.6 Å². The molecule has 0 spiro atoms. The quantitative estimate of drug-likeness (QED) is 0.230. The van der Waals surface area contributed by atoms with Gasteiger partial charge in [-0.3, -0.25) is 0 Å². The highest BCUT2D eigenvalue weighted by Gasteiger charge is 2.22. The van der Waals surface area contributed by atoms with Crippen LogP contribution in [0.25, 0.3) is 0 Å². The van der Waals surface area contributed by atoms with E-state index in [4.69, 9.17) is 4.74 Å². The number of hydrogen-bond donors (Lipinski definition) is 0. The third-order valence-corrected chi connectivity index (χ3v) is 7.55. The van der Waals surface area contributed by atoms with Crippen molar-refractivity contribution in [3.05, 3.63) is 91.0 Å². The fraction of sp³-hybridized carbons (Fsp3) is 0.222. The van der Waals surface area contributed by atoms with Crippen LogP contribution in [0.3, 0.4) is 0 Å². The smallest absolute Gasteiger partial charge is 0.333 e. The predicted octanol–water partition coefficient (Wildman–Crippen LogP) is 6.02. The summed E-state index contributed by atoms with van der Waals surface area (Å²) in [6.07, 6.45) is 1.48. The highest BCUT2D eigenvalue weighted by atomic mass is 32.2. The second kappa shape index (κ2) is 10.7. The summed E-state index contributed by atoms with van der Waals surface area (Å²) in [6.45, 7) is 6.88.